The van der Waals surface area contributed by atoms with Crippen LogP contribution in [-0.2, 0) is 0 Å². The van der Waals surface area contributed by atoms with Crippen molar-refractivity contribution in [3.05, 3.63) is 65.7 Å². The summed E-state index contributed by atoms with van der Waals surface area (Å²) in [5, 5.41) is 2.73. The smallest absolute Gasteiger partial charge is 0.256 e. The normalized spacial score (nSPS) is 11.9. The van der Waals surface area contributed by atoms with E-state index in [-0.39, 0.29) is 11.6 Å². The van der Waals surface area contributed by atoms with Gasteiger partial charge in [0.1, 0.15) is 0 Å². The van der Waals surface area contributed by atoms with Crippen LogP contribution in [0.1, 0.15) is 28.9 Å². The van der Waals surface area contributed by atoms with E-state index in [1.54, 1.807) is 0 Å². The van der Waals surface area contributed by atoms with Crippen LogP contribution in [0.2, 0.25) is 0 Å². The maximum Gasteiger partial charge on any atom is 0.256 e. The maximum atomic E-state index is 13.3. The summed E-state index contributed by atoms with van der Waals surface area (Å²) in [5.41, 5.74) is 0.926. The van der Waals surface area contributed by atoms with Crippen LogP contribution in [0, 0.1) is 5.95 Å². The second kappa shape index (κ2) is 5.40. The number of rotatable bonds is 3. The van der Waals surface area contributed by atoms with Crippen molar-refractivity contribution < 1.29 is 9.18 Å². The number of hydrogen-bond acceptors (Lipinski definition) is 2. The zero-order chi connectivity index (χ0) is 13.0. The number of nitrogens with one attached hydrogen (secondary N) is 1. The third kappa shape index (κ3) is 2.71. The molecule has 92 valence electrons. The molecule has 0 saturated carbocycles. The lowest BCUT2D eigenvalue weighted by molar-refractivity contribution is 0.0935. The SMILES string of the molecule is C[C@H](NC(=O)c1cccnc1F)c1ccccc1. The Labute approximate surface area is 105 Å². The van der Waals surface area contributed by atoms with E-state index in [9.17, 15) is 9.18 Å². The fourth-order valence-corrected chi connectivity index (χ4v) is 1.65. The van der Waals surface area contributed by atoms with Crippen LogP contribution in [0.3, 0.4) is 0 Å². The van der Waals surface area contributed by atoms with E-state index in [0.29, 0.717) is 0 Å². The van der Waals surface area contributed by atoms with Crippen LogP contribution in [0.15, 0.2) is 48.7 Å². The van der Waals surface area contributed by atoms with Crippen molar-refractivity contribution in [1.29, 1.82) is 0 Å². The lowest BCUT2D eigenvalue weighted by Crippen LogP contribution is -2.27. The molecule has 0 aliphatic heterocycles. The summed E-state index contributed by atoms with van der Waals surface area (Å²) in [6.45, 7) is 1.85. The third-order valence-corrected chi connectivity index (χ3v) is 2.65. The molecule has 18 heavy (non-hydrogen) atoms. The summed E-state index contributed by atoms with van der Waals surface area (Å²) < 4.78 is 13.3. The average Bonchev–Trinajstić information content (AvgIpc) is 2.40. The van der Waals surface area contributed by atoms with E-state index >= 15 is 0 Å². The summed E-state index contributed by atoms with van der Waals surface area (Å²) in [6, 6.07) is 12.3. The Morgan fingerprint density at radius 2 is 1.94 bits per heavy atom. The van der Waals surface area contributed by atoms with Gasteiger partial charge in [0.2, 0.25) is 5.95 Å². The molecule has 0 bridgehead atoms. The highest BCUT2D eigenvalue weighted by molar-refractivity contribution is 5.94. The minimum Gasteiger partial charge on any atom is -0.345 e. The third-order valence-electron chi connectivity index (χ3n) is 2.65. The van der Waals surface area contributed by atoms with Crippen molar-refractivity contribution in [3.63, 3.8) is 0 Å². The molecule has 2 rings (SSSR count). The van der Waals surface area contributed by atoms with Crippen LogP contribution >= 0.6 is 0 Å². The molecule has 0 aliphatic rings. The van der Waals surface area contributed by atoms with Crippen LogP contribution < -0.4 is 5.32 Å². The van der Waals surface area contributed by atoms with Crippen molar-refractivity contribution in [2.75, 3.05) is 0 Å². The fourth-order valence-electron chi connectivity index (χ4n) is 1.65. The van der Waals surface area contributed by atoms with E-state index < -0.39 is 11.9 Å². The molecule has 1 aromatic heterocycles. The molecule has 0 fully saturated rings. The number of halogens is 1. The summed E-state index contributed by atoms with van der Waals surface area (Å²) in [5.74, 6) is -1.22. The first-order valence-corrected chi connectivity index (χ1v) is 5.65. The number of nitrogens with zero attached hydrogens (tertiary/aromatic N) is 1. The number of amides is 1. The molecule has 0 saturated heterocycles. The number of pyridine rings is 1. The Balaban J connectivity index is 2.11. The van der Waals surface area contributed by atoms with Gasteiger partial charge in [0.15, 0.2) is 0 Å². The van der Waals surface area contributed by atoms with Crippen LogP contribution in [0.5, 0.6) is 0 Å². The Kier molecular flexibility index (Phi) is 3.67. The highest BCUT2D eigenvalue weighted by atomic mass is 19.1. The van der Waals surface area contributed by atoms with Crippen molar-refractivity contribution in [3.8, 4) is 0 Å². The number of hydrogen-bond donors (Lipinski definition) is 1. The van der Waals surface area contributed by atoms with Gasteiger partial charge in [-0.15, -0.1) is 0 Å². The molecule has 1 aromatic carbocycles. The number of aromatic nitrogens is 1. The number of carbonyl (C=O) groups is 1. The van der Waals surface area contributed by atoms with Gasteiger partial charge in [-0.1, -0.05) is 30.3 Å². The minimum atomic E-state index is -0.754. The van der Waals surface area contributed by atoms with E-state index in [1.165, 1.54) is 18.3 Å². The van der Waals surface area contributed by atoms with Gasteiger partial charge < -0.3 is 5.32 Å². The Morgan fingerprint density at radius 1 is 1.22 bits per heavy atom. The lowest BCUT2D eigenvalue weighted by atomic mass is 10.1. The van der Waals surface area contributed by atoms with E-state index in [2.05, 4.69) is 10.3 Å². The first-order chi connectivity index (χ1) is 8.68. The molecule has 0 spiro atoms. The molecule has 1 heterocycles. The summed E-state index contributed by atoms with van der Waals surface area (Å²) in [7, 11) is 0. The maximum absolute atomic E-state index is 13.3. The Morgan fingerprint density at radius 3 is 2.61 bits per heavy atom. The predicted octanol–water partition coefficient (Wildman–Crippen LogP) is 2.71. The van der Waals surface area contributed by atoms with E-state index in [0.717, 1.165) is 5.56 Å². The zero-order valence-electron chi connectivity index (χ0n) is 9.93. The fraction of sp³-hybridized carbons (Fsp3) is 0.143. The molecule has 0 radical (unpaired) electrons. The van der Waals surface area contributed by atoms with Gasteiger partial charge in [0.05, 0.1) is 11.6 Å². The van der Waals surface area contributed by atoms with Crippen LogP contribution in [0.25, 0.3) is 0 Å². The molecule has 1 amide bonds. The molecule has 4 heteroatoms. The minimum absolute atomic E-state index is 0.0414. The van der Waals surface area contributed by atoms with Crippen LogP contribution in [0.4, 0.5) is 4.39 Å². The second-order valence-electron chi connectivity index (χ2n) is 3.95. The highest BCUT2D eigenvalue weighted by Gasteiger charge is 2.14. The molecule has 2 aromatic rings. The van der Waals surface area contributed by atoms with Crippen molar-refractivity contribution in [2.45, 2.75) is 13.0 Å². The lowest BCUT2D eigenvalue weighted by Gasteiger charge is -2.14. The van der Waals surface area contributed by atoms with Crippen LogP contribution in [-0.4, -0.2) is 10.9 Å². The van der Waals surface area contributed by atoms with Gasteiger partial charge in [-0.3, -0.25) is 4.79 Å². The monoisotopic (exact) mass is 244 g/mol. The first-order valence-electron chi connectivity index (χ1n) is 5.65. The van der Waals surface area contributed by atoms with Gasteiger partial charge in [0, 0.05) is 6.20 Å². The molecule has 1 N–H and O–H groups in total. The van der Waals surface area contributed by atoms with Gasteiger partial charge in [-0.2, -0.15) is 4.39 Å². The molecule has 3 nitrogen and oxygen atoms in total. The predicted molar refractivity (Wildman–Crippen MR) is 66.5 cm³/mol. The molecule has 0 aliphatic carbocycles. The molecular formula is C14H13FN2O. The molecular weight excluding hydrogens is 231 g/mol. The zero-order valence-corrected chi connectivity index (χ0v) is 9.93. The summed E-state index contributed by atoms with van der Waals surface area (Å²) in [4.78, 5) is 15.3. The Hall–Kier alpha value is -2.23. The van der Waals surface area contributed by atoms with Crippen molar-refractivity contribution in [1.82, 2.24) is 10.3 Å². The topological polar surface area (TPSA) is 42.0 Å². The number of benzene rings is 1. The van der Waals surface area contributed by atoms with Gasteiger partial charge in [0.25, 0.3) is 5.91 Å². The highest BCUT2D eigenvalue weighted by Crippen LogP contribution is 2.12. The second-order valence-corrected chi connectivity index (χ2v) is 3.95. The van der Waals surface area contributed by atoms with Gasteiger partial charge >= 0.3 is 0 Å². The molecule has 0 unspecified atom stereocenters. The quantitative estimate of drug-likeness (QED) is 0.843. The number of carbonyl (C=O) groups excluding carboxylic acids is 1. The van der Waals surface area contributed by atoms with E-state index in [4.69, 9.17) is 0 Å². The summed E-state index contributed by atoms with van der Waals surface area (Å²) >= 11 is 0. The molecule has 1 atom stereocenters. The Bertz CT molecular complexity index is 543. The standard InChI is InChI=1S/C14H13FN2O/c1-10(11-6-3-2-4-7-11)17-14(18)12-8-5-9-16-13(12)15/h2-10H,1H3,(H,17,18)/t10-/m0/s1. The largest absolute Gasteiger partial charge is 0.345 e. The van der Waals surface area contributed by atoms with Gasteiger partial charge in [-0.25, -0.2) is 4.98 Å². The first kappa shape index (κ1) is 12.2. The van der Waals surface area contributed by atoms with E-state index in [1.807, 2.05) is 37.3 Å². The van der Waals surface area contributed by atoms with Crippen molar-refractivity contribution in [2.24, 2.45) is 0 Å². The van der Waals surface area contributed by atoms with Crippen molar-refractivity contribution >= 4 is 5.91 Å². The van der Waals surface area contributed by atoms with Gasteiger partial charge in [-0.05, 0) is 24.6 Å². The summed E-state index contributed by atoms with van der Waals surface area (Å²) in [6.07, 6.45) is 1.31. The average molecular weight is 244 g/mol.